The highest BCUT2D eigenvalue weighted by Gasteiger charge is 2.42. The predicted octanol–water partition coefficient (Wildman–Crippen LogP) is 2.22. The van der Waals surface area contributed by atoms with Crippen molar-refractivity contribution in [3.05, 3.63) is 29.7 Å². The van der Waals surface area contributed by atoms with Crippen LogP contribution in [0.15, 0.2) is 16.9 Å². The number of carbonyl (C=O) groups excluding carboxylic acids is 2. The summed E-state index contributed by atoms with van der Waals surface area (Å²) in [6, 6.07) is -0.383. The van der Waals surface area contributed by atoms with Crippen LogP contribution in [0.2, 0.25) is 0 Å². The van der Waals surface area contributed by atoms with Crippen LogP contribution >= 0.6 is 0 Å². The van der Waals surface area contributed by atoms with Crippen molar-refractivity contribution in [2.75, 3.05) is 11.9 Å². The molecule has 8 nitrogen and oxygen atoms in total. The molecule has 0 aromatic carbocycles. The topological polar surface area (TPSA) is 93.3 Å². The zero-order valence-corrected chi connectivity index (χ0v) is 15.7. The van der Waals surface area contributed by atoms with E-state index in [0.717, 1.165) is 5.82 Å². The maximum Gasteiger partial charge on any atom is 0.230 e. The van der Waals surface area contributed by atoms with E-state index in [4.69, 9.17) is 4.52 Å². The summed E-state index contributed by atoms with van der Waals surface area (Å²) in [5.41, 5.74) is 1.29. The molecule has 3 rings (SSSR count). The zero-order chi connectivity index (χ0) is 18.8. The summed E-state index contributed by atoms with van der Waals surface area (Å²) >= 11 is 0. The third-order valence-electron chi connectivity index (χ3n) is 5.01. The van der Waals surface area contributed by atoms with Crippen LogP contribution in [0.1, 0.15) is 50.0 Å². The van der Waals surface area contributed by atoms with Gasteiger partial charge in [-0.15, -0.1) is 0 Å². The molecule has 3 heterocycles. The second-order valence-corrected chi connectivity index (χ2v) is 6.58. The molecule has 26 heavy (non-hydrogen) atoms. The van der Waals surface area contributed by atoms with E-state index in [9.17, 15) is 9.59 Å². The number of hydrogen-bond acceptors (Lipinski definition) is 5. The number of piperidine rings is 1. The Hall–Kier alpha value is -2.64. The van der Waals surface area contributed by atoms with Gasteiger partial charge in [-0.3, -0.25) is 9.59 Å². The molecule has 0 aliphatic carbocycles. The number of rotatable bonds is 5. The van der Waals surface area contributed by atoms with E-state index in [1.54, 1.807) is 18.0 Å². The molecule has 8 heteroatoms. The van der Waals surface area contributed by atoms with Crippen molar-refractivity contribution in [3.63, 3.8) is 0 Å². The molecule has 0 saturated carbocycles. The Bertz CT molecular complexity index is 810. The Kier molecular flexibility index (Phi) is 5.11. The highest BCUT2D eigenvalue weighted by Crippen LogP contribution is 2.37. The fourth-order valence-corrected chi connectivity index (χ4v) is 3.62. The van der Waals surface area contributed by atoms with E-state index >= 15 is 0 Å². The summed E-state index contributed by atoms with van der Waals surface area (Å²) in [6.45, 7) is 6.21. The number of aryl methyl sites for hydroxylation is 3. The first-order valence-corrected chi connectivity index (χ1v) is 9.00. The van der Waals surface area contributed by atoms with Gasteiger partial charge < -0.3 is 19.3 Å². The number of amides is 2. The molecule has 140 valence electrons. The quantitative estimate of drug-likeness (QED) is 0.883. The van der Waals surface area contributed by atoms with Gasteiger partial charge in [0.2, 0.25) is 11.8 Å². The molecule has 0 unspecified atom stereocenters. The second kappa shape index (κ2) is 7.31. The monoisotopic (exact) mass is 359 g/mol. The van der Waals surface area contributed by atoms with Crippen molar-refractivity contribution in [1.82, 2.24) is 19.6 Å². The van der Waals surface area contributed by atoms with Gasteiger partial charge >= 0.3 is 0 Å². The summed E-state index contributed by atoms with van der Waals surface area (Å²) in [5, 5.41) is 6.92. The van der Waals surface area contributed by atoms with E-state index < -0.39 is 0 Å². The Morgan fingerprint density at radius 2 is 2.19 bits per heavy atom. The van der Waals surface area contributed by atoms with Gasteiger partial charge in [-0.1, -0.05) is 12.1 Å². The molecule has 1 fully saturated rings. The molecule has 1 aliphatic rings. The highest BCUT2D eigenvalue weighted by molar-refractivity contribution is 5.95. The van der Waals surface area contributed by atoms with Crippen molar-refractivity contribution >= 4 is 17.5 Å². The molecule has 0 bridgehead atoms. The maximum absolute atomic E-state index is 13.1. The molecule has 2 atom stereocenters. The van der Waals surface area contributed by atoms with E-state index in [1.165, 1.54) is 0 Å². The normalized spacial score (nSPS) is 20.5. The van der Waals surface area contributed by atoms with Crippen molar-refractivity contribution in [2.45, 2.75) is 46.1 Å². The van der Waals surface area contributed by atoms with Crippen LogP contribution in [0, 0.1) is 12.8 Å². The molecule has 0 spiro atoms. The summed E-state index contributed by atoms with van der Waals surface area (Å²) < 4.78 is 7.13. The Morgan fingerprint density at radius 3 is 2.81 bits per heavy atom. The van der Waals surface area contributed by atoms with Crippen LogP contribution < -0.4 is 5.32 Å². The van der Waals surface area contributed by atoms with Gasteiger partial charge in [-0.2, -0.15) is 0 Å². The van der Waals surface area contributed by atoms with Crippen LogP contribution in [0.25, 0.3) is 0 Å². The predicted molar refractivity (Wildman–Crippen MR) is 95.3 cm³/mol. The lowest BCUT2D eigenvalue weighted by Gasteiger charge is -2.39. The molecule has 2 aromatic heterocycles. The molecule has 0 radical (unpaired) electrons. The van der Waals surface area contributed by atoms with Crippen LogP contribution in [-0.2, 0) is 23.1 Å². The number of hydrogen-bond donors (Lipinski definition) is 1. The van der Waals surface area contributed by atoms with Gasteiger partial charge in [0.15, 0.2) is 5.76 Å². The van der Waals surface area contributed by atoms with E-state index in [1.807, 2.05) is 31.7 Å². The first-order valence-electron chi connectivity index (χ1n) is 9.00. The molecule has 2 amide bonds. The first-order chi connectivity index (χ1) is 12.5. The smallest absolute Gasteiger partial charge is 0.230 e. The van der Waals surface area contributed by atoms with Gasteiger partial charge in [0.1, 0.15) is 23.2 Å². The standard InChI is InChI=1S/C18H25N5O3/c1-5-13-15(11(3)21-26-13)20-18(25)12-7-8-14(24)23(6-2)16(12)17-19-9-10-22(17)4/h9-10,12,16H,5-8H2,1-4H3,(H,20,25)/t12-,16-/m0/s1. The number of carbonyl (C=O) groups is 2. The van der Waals surface area contributed by atoms with Gasteiger partial charge in [-0.05, 0) is 20.3 Å². The largest absolute Gasteiger partial charge is 0.359 e. The molecule has 2 aromatic rings. The third kappa shape index (κ3) is 3.11. The minimum atomic E-state index is -0.383. The fourth-order valence-electron chi connectivity index (χ4n) is 3.62. The van der Waals surface area contributed by atoms with Gasteiger partial charge in [0.05, 0.1) is 5.92 Å². The molecule has 1 N–H and O–H groups in total. The Balaban J connectivity index is 1.93. The Labute approximate surface area is 152 Å². The number of nitrogens with zero attached hydrogens (tertiary/aromatic N) is 4. The lowest BCUT2D eigenvalue weighted by molar-refractivity contribution is -0.142. The van der Waals surface area contributed by atoms with Crippen LogP contribution in [-0.4, -0.2) is 38.0 Å². The van der Waals surface area contributed by atoms with E-state index in [2.05, 4.69) is 15.5 Å². The number of nitrogens with one attached hydrogen (secondary N) is 1. The van der Waals surface area contributed by atoms with Crippen molar-refractivity contribution in [1.29, 1.82) is 0 Å². The minimum absolute atomic E-state index is 0.0555. The van der Waals surface area contributed by atoms with E-state index in [-0.39, 0.29) is 23.8 Å². The van der Waals surface area contributed by atoms with E-state index in [0.29, 0.717) is 42.9 Å². The average molecular weight is 359 g/mol. The SMILES string of the molecule is CCc1onc(C)c1NC(=O)[C@H]1CCC(=O)N(CC)[C@@H]1c1nccn1C. The highest BCUT2D eigenvalue weighted by atomic mass is 16.5. The molecular weight excluding hydrogens is 334 g/mol. The van der Waals surface area contributed by atoms with Crippen molar-refractivity contribution in [3.8, 4) is 0 Å². The summed E-state index contributed by atoms with van der Waals surface area (Å²) in [6.07, 6.45) is 5.01. The summed E-state index contributed by atoms with van der Waals surface area (Å²) in [4.78, 5) is 31.7. The fraction of sp³-hybridized carbons (Fsp3) is 0.556. The van der Waals surface area contributed by atoms with Crippen LogP contribution in [0.4, 0.5) is 5.69 Å². The number of anilines is 1. The lowest BCUT2D eigenvalue weighted by atomic mass is 9.87. The van der Waals surface area contributed by atoms with Crippen LogP contribution in [0.3, 0.4) is 0 Å². The number of likely N-dealkylation sites (tertiary alicyclic amines) is 1. The second-order valence-electron chi connectivity index (χ2n) is 6.58. The van der Waals surface area contributed by atoms with Crippen molar-refractivity contribution in [2.24, 2.45) is 13.0 Å². The van der Waals surface area contributed by atoms with Gasteiger partial charge in [0, 0.05) is 38.8 Å². The maximum atomic E-state index is 13.1. The van der Waals surface area contributed by atoms with Crippen molar-refractivity contribution < 1.29 is 14.1 Å². The first kappa shape index (κ1) is 18.2. The van der Waals surface area contributed by atoms with Gasteiger partial charge in [0.25, 0.3) is 0 Å². The summed E-state index contributed by atoms with van der Waals surface area (Å²) in [7, 11) is 1.88. The zero-order valence-electron chi connectivity index (χ0n) is 15.7. The minimum Gasteiger partial charge on any atom is -0.359 e. The number of aromatic nitrogens is 3. The average Bonchev–Trinajstić information content (AvgIpc) is 3.20. The molecule has 1 aliphatic heterocycles. The molecular formula is C18H25N5O3. The lowest BCUT2D eigenvalue weighted by Crippen LogP contribution is -2.47. The van der Waals surface area contributed by atoms with Gasteiger partial charge in [-0.25, -0.2) is 4.98 Å². The Morgan fingerprint density at radius 1 is 1.42 bits per heavy atom. The number of imidazole rings is 1. The molecule has 1 saturated heterocycles. The third-order valence-corrected chi connectivity index (χ3v) is 5.01. The van der Waals surface area contributed by atoms with Crippen LogP contribution in [0.5, 0.6) is 0 Å². The summed E-state index contributed by atoms with van der Waals surface area (Å²) in [5.74, 6) is 0.916.